The first-order valence-corrected chi connectivity index (χ1v) is 4.87. The Labute approximate surface area is 81.8 Å². The van der Waals surface area contributed by atoms with E-state index in [9.17, 15) is 9.18 Å². The first kappa shape index (κ1) is 9.86. The van der Waals surface area contributed by atoms with Crippen molar-refractivity contribution in [3.63, 3.8) is 0 Å². The van der Waals surface area contributed by atoms with Crippen LogP contribution in [-0.4, -0.2) is 44.5 Å². The van der Waals surface area contributed by atoms with Crippen LogP contribution < -0.4 is 5.32 Å². The number of hydrogen-bond acceptors (Lipinski definition) is 3. The van der Waals surface area contributed by atoms with Gasteiger partial charge < -0.3 is 14.8 Å². The Bertz CT molecular complexity index is 218. The highest BCUT2D eigenvalue weighted by molar-refractivity contribution is 5.79. The molecule has 1 amide bonds. The van der Waals surface area contributed by atoms with Gasteiger partial charge >= 0.3 is 0 Å². The van der Waals surface area contributed by atoms with Crippen LogP contribution in [-0.2, 0) is 14.3 Å². The van der Waals surface area contributed by atoms with Crippen LogP contribution in [0, 0.1) is 5.92 Å². The molecule has 2 aliphatic heterocycles. The maximum absolute atomic E-state index is 13.1. The molecule has 1 N–H and O–H groups in total. The van der Waals surface area contributed by atoms with Gasteiger partial charge in [-0.25, -0.2) is 4.39 Å². The summed E-state index contributed by atoms with van der Waals surface area (Å²) in [6.07, 6.45) is -0.336. The fourth-order valence-electron chi connectivity index (χ4n) is 1.70. The van der Waals surface area contributed by atoms with Crippen LogP contribution in [0.1, 0.15) is 6.42 Å². The minimum Gasteiger partial charge on any atom is -0.381 e. The Kier molecular flexibility index (Phi) is 2.98. The number of carbonyl (C=O) groups excluding carboxylic acids is 1. The molecule has 3 atom stereocenters. The van der Waals surface area contributed by atoms with Crippen molar-refractivity contribution >= 4 is 5.91 Å². The number of nitrogens with one attached hydrogen (secondary N) is 1. The average Bonchev–Trinajstić information content (AvgIpc) is 2.77. The van der Waals surface area contributed by atoms with E-state index in [2.05, 4.69) is 5.32 Å². The van der Waals surface area contributed by atoms with Crippen molar-refractivity contribution in [2.45, 2.75) is 18.6 Å². The van der Waals surface area contributed by atoms with Gasteiger partial charge in [-0.1, -0.05) is 0 Å². The van der Waals surface area contributed by atoms with Gasteiger partial charge in [-0.05, 0) is 6.42 Å². The molecule has 0 bridgehead atoms. The third-order valence-electron chi connectivity index (χ3n) is 2.64. The van der Waals surface area contributed by atoms with Crippen LogP contribution in [0.3, 0.4) is 0 Å². The van der Waals surface area contributed by atoms with Gasteiger partial charge in [0.15, 0.2) is 0 Å². The van der Waals surface area contributed by atoms with E-state index in [1.165, 1.54) is 0 Å². The predicted molar refractivity (Wildman–Crippen MR) is 46.6 cm³/mol. The molecule has 2 saturated heterocycles. The standard InChI is InChI=1S/C9H14FNO3/c10-7-4-14-5-8(7)11-9(12)6-1-2-13-3-6/h6-8H,1-5H2,(H,11,12). The van der Waals surface area contributed by atoms with Crippen molar-refractivity contribution in [2.75, 3.05) is 26.4 Å². The molecule has 0 radical (unpaired) electrons. The minimum absolute atomic E-state index is 0.0894. The Morgan fingerprint density at radius 3 is 2.71 bits per heavy atom. The van der Waals surface area contributed by atoms with E-state index < -0.39 is 12.2 Å². The summed E-state index contributed by atoms with van der Waals surface area (Å²) in [4.78, 5) is 11.5. The van der Waals surface area contributed by atoms with Crippen LogP contribution in [0.2, 0.25) is 0 Å². The Morgan fingerprint density at radius 1 is 1.29 bits per heavy atom. The molecule has 0 aromatic carbocycles. The zero-order valence-electron chi connectivity index (χ0n) is 7.87. The van der Waals surface area contributed by atoms with Crippen LogP contribution in [0.5, 0.6) is 0 Å². The monoisotopic (exact) mass is 203 g/mol. The molecule has 0 saturated carbocycles. The quantitative estimate of drug-likeness (QED) is 0.680. The molecule has 80 valence electrons. The lowest BCUT2D eigenvalue weighted by Gasteiger charge is -2.15. The summed E-state index contributed by atoms with van der Waals surface area (Å²) in [5.41, 5.74) is 0. The maximum atomic E-state index is 13.1. The van der Waals surface area contributed by atoms with Crippen LogP contribution in [0.15, 0.2) is 0 Å². The number of halogens is 1. The second-order valence-corrected chi connectivity index (χ2v) is 3.73. The largest absolute Gasteiger partial charge is 0.381 e. The van der Waals surface area contributed by atoms with Gasteiger partial charge in [-0.15, -0.1) is 0 Å². The number of ether oxygens (including phenoxy) is 2. The molecule has 2 rings (SSSR count). The minimum atomic E-state index is -1.07. The maximum Gasteiger partial charge on any atom is 0.225 e. The lowest BCUT2D eigenvalue weighted by molar-refractivity contribution is -0.126. The summed E-state index contributed by atoms with van der Waals surface area (Å²) in [7, 11) is 0. The third-order valence-corrected chi connectivity index (χ3v) is 2.64. The van der Waals surface area contributed by atoms with Crippen molar-refractivity contribution in [1.82, 2.24) is 5.32 Å². The zero-order chi connectivity index (χ0) is 9.97. The molecule has 0 spiro atoms. The molecule has 2 aliphatic rings. The number of rotatable bonds is 2. The highest BCUT2D eigenvalue weighted by Gasteiger charge is 2.32. The normalized spacial score (nSPS) is 37.4. The van der Waals surface area contributed by atoms with Gasteiger partial charge in [0.05, 0.1) is 31.8 Å². The number of amides is 1. The second-order valence-electron chi connectivity index (χ2n) is 3.73. The van der Waals surface area contributed by atoms with Gasteiger partial charge in [0, 0.05) is 6.61 Å². The van der Waals surface area contributed by atoms with Crippen LogP contribution >= 0.6 is 0 Å². The van der Waals surface area contributed by atoms with Gasteiger partial charge in [0.1, 0.15) is 6.17 Å². The van der Waals surface area contributed by atoms with E-state index in [1.54, 1.807) is 0 Å². The van der Waals surface area contributed by atoms with E-state index in [0.29, 0.717) is 13.2 Å². The summed E-state index contributed by atoms with van der Waals surface area (Å²) in [6, 6.07) is -0.469. The highest BCUT2D eigenvalue weighted by Crippen LogP contribution is 2.15. The zero-order valence-corrected chi connectivity index (χ0v) is 7.87. The SMILES string of the molecule is O=C(NC1COCC1F)C1CCOC1. The van der Waals surface area contributed by atoms with E-state index in [-0.39, 0.29) is 25.0 Å². The summed E-state index contributed by atoms with van der Waals surface area (Å²) in [5.74, 6) is -0.219. The molecular formula is C9H14FNO3. The summed E-state index contributed by atoms with van der Waals surface area (Å²) >= 11 is 0. The Morgan fingerprint density at radius 2 is 2.14 bits per heavy atom. The summed E-state index contributed by atoms with van der Waals surface area (Å²) in [6.45, 7) is 1.45. The van der Waals surface area contributed by atoms with E-state index in [1.807, 2.05) is 0 Å². The van der Waals surface area contributed by atoms with E-state index in [0.717, 1.165) is 6.42 Å². The molecule has 0 aromatic heterocycles. The molecule has 14 heavy (non-hydrogen) atoms. The predicted octanol–water partition coefficient (Wildman–Crippen LogP) is -0.124. The smallest absolute Gasteiger partial charge is 0.225 e. The molecule has 4 nitrogen and oxygen atoms in total. The first-order valence-electron chi connectivity index (χ1n) is 4.87. The Balaban J connectivity index is 1.81. The van der Waals surface area contributed by atoms with Gasteiger partial charge in [-0.3, -0.25) is 4.79 Å². The van der Waals surface area contributed by atoms with Crippen molar-refractivity contribution in [2.24, 2.45) is 5.92 Å². The topological polar surface area (TPSA) is 47.6 Å². The van der Waals surface area contributed by atoms with E-state index in [4.69, 9.17) is 9.47 Å². The fraction of sp³-hybridized carbons (Fsp3) is 0.889. The molecule has 3 unspecified atom stereocenters. The molecular weight excluding hydrogens is 189 g/mol. The molecule has 2 heterocycles. The van der Waals surface area contributed by atoms with Crippen LogP contribution in [0.4, 0.5) is 4.39 Å². The van der Waals surface area contributed by atoms with Crippen molar-refractivity contribution in [1.29, 1.82) is 0 Å². The van der Waals surface area contributed by atoms with E-state index >= 15 is 0 Å². The highest BCUT2D eigenvalue weighted by atomic mass is 19.1. The summed E-state index contributed by atoms with van der Waals surface area (Å²) < 4.78 is 23.1. The fourth-order valence-corrected chi connectivity index (χ4v) is 1.70. The van der Waals surface area contributed by atoms with Crippen molar-refractivity contribution < 1.29 is 18.7 Å². The number of alkyl halides is 1. The first-order chi connectivity index (χ1) is 6.77. The van der Waals surface area contributed by atoms with Gasteiger partial charge in [-0.2, -0.15) is 0 Å². The van der Waals surface area contributed by atoms with Gasteiger partial charge in [0.25, 0.3) is 0 Å². The Hall–Kier alpha value is -0.680. The van der Waals surface area contributed by atoms with Crippen LogP contribution in [0.25, 0.3) is 0 Å². The number of carbonyl (C=O) groups is 1. The lowest BCUT2D eigenvalue weighted by atomic mass is 10.1. The molecule has 5 heteroatoms. The average molecular weight is 203 g/mol. The molecule has 0 aliphatic carbocycles. The third kappa shape index (κ3) is 2.04. The number of hydrogen-bond donors (Lipinski definition) is 1. The molecule has 0 aromatic rings. The summed E-state index contributed by atoms with van der Waals surface area (Å²) in [5, 5.41) is 2.65. The lowest BCUT2D eigenvalue weighted by Crippen LogP contribution is -2.43. The van der Waals surface area contributed by atoms with Crippen molar-refractivity contribution in [3.05, 3.63) is 0 Å². The van der Waals surface area contributed by atoms with Gasteiger partial charge in [0.2, 0.25) is 5.91 Å². The molecule has 2 fully saturated rings. The van der Waals surface area contributed by atoms with Crippen molar-refractivity contribution in [3.8, 4) is 0 Å². The second kappa shape index (κ2) is 4.23.